The number of hydrogen-bond acceptors (Lipinski definition) is 5. The highest BCUT2D eigenvalue weighted by atomic mass is 16.6. The van der Waals surface area contributed by atoms with Crippen LogP contribution < -0.4 is 10.6 Å². The lowest BCUT2D eigenvalue weighted by molar-refractivity contribution is -0.385. The van der Waals surface area contributed by atoms with Gasteiger partial charge in [-0.05, 0) is 43.7 Å². The molecule has 168 valence electrons. The van der Waals surface area contributed by atoms with Crippen molar-refractivity contribution >= 4 is 34.8 Å². The Morgan fingerprint density at radius 2 is 1.88 bits per heavy atom. The van der Waals surface area contributed by atoms with Crippen molar-refractivity contribution in [1.29, 1.82) is 0 Å². The molecular weight excluding hydrogens is 412 g/mol. The largest absolute Gasteiger partial charge is 0.342 e. The summed E-state index contributed by atoms with van der Waals surface area (Å²) in [6.45, 7) is 4.73. The molecule has 2 N–H and O–H groups in total. The van der Waals surface area contributed by atoms with Crippen LogP contribution in [-0.4, -0.2) is 40.6 Å². The fraction of sp³-hybridized carbons (Fsp3) is 0.348. The van der Waals surface area contributed by atoms with Crippen molar-refractivity contribution in [3.05, 3.63) is 63.7 Å². The van der Waals surface area contributed by atoms with Gasteiger partial charge in [0.2, 0.25) is 11.8 Å². The molecule has 9 nitrogen and oxygen atoms in total. The van der Waals surface area contributed by atoms with Crippen LogP contribution in [0.2, 0.25) is 0 Å². The number of amides is 3. The lowest BCUT2D eigenvalue weighted by Crippen LogP contribution is -2.29. The summed E-state index contributed by atoms with van der Waals surface area (Å²) >= 11 is 0. The minimum Gasteiger partial charge on any atom is -0.342 e. The van der Waals surface area contributed by atoms with Gasteiger partial charge in [-0.2, -0.15) is 0 Å². The molecule has 0 unspecified atom stereocenters. The van der Waals surface area contributed by atoms with Crippen molar-refractivity contribution in [2.24, 2.45) is 5.92 Å². The Morgan fingerprint density at radius 1 is 1.16 bits per heavy atom. The molecule has 1 heterocycles. The Labute approximate surface area is 185 Å². The van der Waals surface area contributed by atoms with Gasteiger partial charge in [-0.15, -0.1) is 0 Å². The Bertz CT molecular complexity index is 1040. The highest BCUT2D eigenvalue weighted by Gasteiger charge is 2.33. The number of nitro groups is 1. The standard InChI is InChI=1S/C23H26N4O5/c1-3-4-12-26-14-17(13-21(26)28)23(30)24-18-10-8-16(9-11-18)22(29)25-19-6-5-7-20(15(19)2)27(31)32/h5-11,17H,3-4,12-14H2,1-2H3,(H,24,30)(H,25,29)/t17-/m1/s1. The Morgan fingerprint density at radius 3 is 2.53 bits per heavy atom. The van der Waals surface area contributed by atoms with Crippen LogP contribution >= 0.6 is 0 Å². The maximum atomic E-state index is 12.5. The van der Waals surface area contributed by atoms with Gasteiger partial charge in [-0.25, -0.2) is 0 Å². The van der Waals surface area contributed by atoms with E-state index >= 15 is 0 Å². The van der Waals surface area contributed by atoms with Crippen LogP contribution in [0.5, 0.6) is 0 Å². The van der Waals surface area contributed by atoms with Gasteiger partial charge in [-0.3, -0.25) is 24.5 Å². The van der Waals surface area contributed by atoms with Crippen LogP contribution in [0.15, 0.2) is 42.5 Å². The maximum Gasteiger partial charge on any atom is 0.274 e. The topological polar surface area (TPSA) is 122 Å². The Balaban J connectivity index is 1.60. The van der Waals surface area contributed by atoms with Crippen LogP contribution in [-0.2, 0) is 9.59 Å². The third-order valence-electron chi connectivity index (χ3n) is 5.53. The van der Waals surface area contributed by atoms with E-state index in [0.29, 0.717) is 35.6 Å². The van der Waals surface area contributed by atoms with Gasteiger partial charge in [0.1, 0.15) is 0 Å². The quantitative estimate of drug-likeness (QED) is 0.480. The van der Waals surface area contributed by atoms with Crippen molar-refractivity contribution in [2.45, 2.75) is 33.1 Å². The summed E-state index contributed by atoms with van der Waals surface area (Å²) in [5.74, 6) is -1.03. The first-order chi connectivity index (χ1) is 15.3. The van der Waals surface area contributed by atoms with Crippen LogP contribution in [0, 0.1) is 23.0 Å². The van der Waals surface area contributed by atoms with Crippen molar-refractivity contribution in [3.8, 4) is 0 Å². The van der Waals surface area contributed by atoms with Crippen LogP contribution in [0.1, 0.15) is 42.1 Å². The number of hydrogen-bond donors (Lipinski definition) is 2. The minimum absolute atomic E-state index is 0.00191. The predicted octanol–water partition coefficient (Wildman–Crippen LogP) is 3.74. The third kappa shape index (κ3) is 5.29. The molecule has 1 aliphatic heterocycles. The highest BCUT2D eigenvalue weighted by Crippen LogP contribution is 2.26. The molecule has 9 heteroatoms. The van der Waals surface area contributed by atoms with E-state index in [9.17, 15) is 24.5 Å². The average molecular weight is 438 g/mol. The van der Waals surface area contributed by atoms with Gasteiger partial charge in [0.25, 0.3) is 11.6 Å². The van der Waals surface area contributed by atoms with Gasteiger partial charge in [0.05, 0.1) is 22.1 Å². The lowest BCUT2D eigenvalue weighted by Gasteiger charge is -2.16. The molecule has 3 rings (SSSR count). The van der Waals surface area contributed by atoms with Gasteiger partial charge >= 0.3 is 0 Å². The fourth-order valence-electron chi connectivity index (χ4n) is 3.61. The fourth-order valence-corrected chi connectivity index (χ4v) is 3.61. The van der Waals surface area contributed by atoms with Crippen molar-refractivity contribution in [2.75, 3.05) is 23.7 Å². The zero-order valence-electron chi connectivity index (χ0n) is 18.1. The zero-order chi connectivity index (χ0) is 23.3. The summed E-state index contributed by atoms with van der Waals surface area (Å²) in [4.78, 5) is 49.4. The number of carbonyl (C=O) groups excluding carboxylic acids is 3. The second-order valence-electron chi connectivity index (χ2n) is 7.82. The van der Waals surface area contributed by atoms with Crippen molar-refractivity contribution in [3.63, 3.8) is 0 Å². The first-order valence-electron chi connectivity index (χ1n) is 10.5. The molecule has 2 aromatic carbocycles. The van der Waals surface area contributed by atoms with Crippen molar-refractivity contribution in [1.82, 2.24) is 4.90 Å². The van der Waals surface area contributed by atoms with E-state index in [1.54, 1.807) is 42.2 Å². The molecule has 0 bridgehead atoms. The van der Waals surface area contributed by atoms with Crippen LogP contribution in [0.3, 0.4) is 0 Å². The lowest BCUT2D eigenvalue weighted by atomic mass is 10.1. The molecule has 0 radical (unpaired) electrons. The molecule has 0 aliphatic carbocycles. The number of anilines is 2. The summed E-state index contributed by atoms with van der Waals surface area (Å²) in [7, 11) is 0. The predicted molar refractivity (Wildman–Crippen MR) is 120 cm³/mol. The molecule has 32 heavy (non-hydrogen) atoms. The van der Waals surface area contributed by atoms with E-state index in [0.717, 1.165) is 12.8 Å². The summed E-state index contributed by atoms with van der Waals surface area (Å²) in [5, 5.41) is 16.6. The van der Waals surface area contributed by atoms with Crippen LogP contribution in [0.4, 0.5) is 17.1 Å². The molecule has 3 amide bonds. The number of nitrogens with one attached hydrogen (secondary N) is 2. The first-order valence-corrected chi connectivity index (χ1v) is 10.5. The summed E-state index contributed by atoms with van der Waals surface area (Å²) in [5.41, 5.74) is 1.53. The number of nitrogens with zero attached hydrogens (tertiary/aromatic N) is 2. The smallest absolute Gasteiger partial charge is 0.274 e. The van der Waals surface area contributed by atoms with E-state index in [-0.39, 0.29) is 29.8 Å². The SMILES string of the molecule is CCCCN1C[C@H](C(=O)Nc2ccc(C(=O)Nc3cccc([N+](=O)[O-])c3C)cc2)CC1=O. The van der Waals surface area contributed by atoms with E-state index in [2.05, 4.69) is 17.6 Å². The first kappa shape index (κ1) is 22.9. The van der Waals surface area contributed by atoms with E-state index in [1.807, 2.05) is 0 Å². The van der Waals surface area contributed by atoms with E-state index in [4.69, 9.17) is 0 Å². The molecule has 0 aromatic heterocycles. The molecule has 0 spiro atoms. The van der Waals surface area contributed by atoms with Crippen LogP contribution in [0.25, 0.3) is 0 Å². The summed E-state index contributed by atoms with van der Waals surface area (Å²) < 4.78 is 0. The van der Waals surface area contributed by atoms with E-state index in [1.165, 1.54) is 12.1 Å². The Kier molecular flexibility index (Phi) is 7.19. The molecule has 1 aliphatic rings. The molecule has 1 fully saturated rings. The second kappa shape index (κ2) is 10.0. The minimum atomic E-state index is -0.497. The highest BCUT2D eigenvalue weighted by molar-refractivity contribution is 6.05. The zero-order valence-corrected chi connectivity index (χ0v) is 18.1. The summed E-state index contributed by atoms with van der Waals surface area (Å²) in [6, 6.07) is 10.8. The number of rotatable bonds is 8. The van der Waals surface area contributed by atoms with E-state index < -0.39 is 10.8 Å². The second-order valence-corrected chi connectivity index (χ2v) is 7.82. The molecular formula is C23H26N4O5. The molecule has 1 atom stereocenters. The monoisotopic (exact) mass is 438 g/mol. The van der Waals surface area contributed by atoms with Gasteiger partial charge in [0.15, 0.2) is 0 Å². The number of carbonyl (C=O) groups is 3. The van der Waals surface area contributed by atoms with Gasteiger partial charge < -0.3 is 15.5 Å². The van der Waals surface area contributed by atoms with Gasteiger partial charge in [0, 0.05) is 36.8 Å². The molecule has 1 saturated heterocycles. The van der Waals surface area contributed by atoms with Crippen molar-refractivity contribution < 1.29 is 19.3 Å². The number of nitro benzene ring substituents is 1. The average Bonchev–Trinajstić information content (AvgIpc) is 3.14. The summed E-state index contributed by atoms with van der Waals surface area (Å²) in [6.07, 6.45) is 2.11. The third-order valence-corrected chi connectivity index (χ3v) is 5.53. The molecule has 2 aromatic rings. The number of likely N-dealkylation sites (tertiary alicyclic amines) is 1. The number of unbranched alkanes of at least 4 members (excludes halogenated alkanes) is 1. The number of benzene rings is 2. The normalized spacial score (nSPS) is 15.5. The molecule has 0 saturated carbocycles. The Hall–Kier alpha value is -3.75. The maximum absolute atomic E-state index is 12.5. The van der Waals surface area contributed by atoms with Gasteiger partial charge in [-0.1, -0.05) is 19.4 Å².